The summed E-state index contributed by atoms with van der Waals surface area (Å²) >= 11 is 0. The molecule has 0 saturated heterocycles. The van der Waals surface area contributed by atoms with Gasteiger partial charge < -0.3 is 5.73 Å². The van der Waals surface area contributed by atoms with Gasteiger partial charge >= 0.3 is 0 Å². The molecular weight excluding hydrogens is 272 g/mol. The number of sulfonamides is 1. The summed E-state index contributed by atoms with van der Waals surface area (Å²) in [5.74, 6) is 0.521. The van der Waals surface area contributed by atoms with Crippen molar-refractivity contribution in [2.24, 2.45) is 5.92 Å². The largest absolute Gasteiger partial charge is 0.399 e. The molecule has 1 aromatic rings. The van der Waals surface area contributed by atoms with Crippen molar-refractivity contribution in [2.75, 3.05) is 18.8 Å². The number of nitrogen functional groups attached to an aromatic ring is 1. The molecule has 0 aliphatic heterocycles. The van der Waals surface area contributed by atoms with Crippen LogP contribution in [0.25, 0.3) is 0 Å². The van der Waals surface area contributed by atoms with Gasteiger partial charge in [-0.1, -0.05) is 13.3 Å². The Hall–Kier alpha value is -1.07. The van der Waals surface area contributed by atoms with Gasteiger partial charge in [0.15, 0.2) is 0 Å². The summed E-state index contributed by atoms with van der Waals surface area (Å²) in [6, 6.07) is 3.40. The molecule has 1 saturated carbocycles. The van der Waals surface area contributed by atoms with Crippen LogP contribution in [0.1, 0.15) is 37.3 Å². The maximum atomic E-state index is 12.8. The fourth-order valence-electron chi connectivity index (χ4n) is 2.62. The highest BCUT2D eigenvalue weighted by Crippen LogP contribution is 2.30. The predicted molar refractivity (Wildman–Crippen MR) is 82.1 cm³/mol. The predicted octanol–water partition coefficient (Wildman–Crippen LogP) is 2.70. The molecule has 4 nitrogen and oxygen atoms in total. The fraction of sp³-hybridized carbons (Fsp3) is 0.600. The van der Waals surface area contributed by atoms with Crippen molar-refractivity contribution >= 4 is 15.7 Å². The van der Waals surface area contributed by atoms with E-state index in [1.807, 2.05) is 26.8 Å². The summed E-state index contributed by atoms with van der Waals surface area (Å²) in [4.78, 5) is 0.358. The number of rotatable bonds is 5. The Labute approximate surface area is 122 Å². The van der Waals surface area contributed by atoms with E-state index in [1.165, 1.54) is 6.42 Å². The van der Waals surface area contributed by atoms with Crippen molar-refractivity contribution in [3.8, 4) is 0 Å². The van der Waals surface area contributed by atoms with Crippen LogP contribution in [0.2, 0.25) is 0 Å². The van der Waals surface area contributed by atoms with Gasteiger partial charge in [0.25, 0.3) is 0 Å². The minimum Gasteiger partial charge on any atom is -0.399 e. The van der Waals surface area contributed by atoms with Crippen LogP contribution in [-0.4, -0.2) is 25.8 Å². The summed E-state index contributed by atoms with van der Waals surface area (Å²) in [5.41, 5.74) is 8.05. The Balaban J connectivity index is 2.37. The minimum absolute atomic E-state index is 0.358. The van der Waals surface area contributed by atoms with Gasteiger partial charge in [-0.2, -0.15) is 4.31 Å². The van der Waals surface area contributed by atoms with Crippen LogP contribution < -0.4 is 5.73 Å². The Kier molecular flexibility index (Phi) is 4.39. The van der Waals surface area contributed by atoms with Crippen LogP contribution in [0.5, 0.6) is 0 Å². The van der Waals surface area contributed by atoms with Crippen molar-refractivity contribution in [1.82, 2.24) is 4.31 Å². The van der Waals surface area contributed by atoms with Crippen LogP contribution in [0.4, 0.5) is 5.69 Å². The Morgan fingerprint density at radius 2 is 1.95 bits per heavy atom. The maximum absolute atomic E-state index is 12.8. The minimum atomic E-state index is -3.44. The van der Waals surface area contributed by atoms with Crippen LogP contribution in [-0.2, 0) is 10.0 Å². The average molecular weight is 296 g/mol. The molecule has 112 valence electrons. The van der Waals surface area contributed by atoms with Crippen molar-refractivity contribution < 1.29 is 8.42 Å². The third-order valence-corrected chi connectivity index (χ3v) is 6.37. The second kappa shape index (κ2) is 5.74. The van der Waals surface area contributed by atoms with Gasteiger partial charge in [0, 0.05) is 18.8 Å². The standard InChI is InChI=1S/C15H24N2O2S/c1-4-17(10-13-6-5-7-13)20(18,19)15-9-14(16)8-11(2)12(15)3/h8-9,13H,4-7,10,16H2,1-3H3. The highest BCUT2D eigenvalue weighted by molar-refractivity contribution is 7.89. The number of anilines is 1. The molecule has 0 amide bonds. The van der Waals surface area contributed by atoms with Gasteiger partial charge in [0.05, 0.1) is 4.90 Å². The number of nitrogens with zero attached hydrogens (tertiary/aromatic N) is 1. The zero-order chi connectivity index (χ0) is 14.9. The number of benzene rings is 1. The first-order valence-corrected chi connectivity index (χ1v) is 8.67. The van der Waals surface area contributed by atoms with Gasteiger partial charge in [-0.05, 0) is 55.9 Å². The monoisotopic (exact) mass is 296 g/mol. The van der Waals surface area contributed by atoms with Gasteiger partial charge in [-0.3, -0.25) is 0 Å². The maximum Gasteiger partial charge on any atom is 0.243 e. The summed E-state index contributed by atoms with van der Waals surface area (Å²) in [6.07, 6.45) is 3.50. The summed E-state index contributed by atoms with van der Waals surface area (Å²) in [6.45, 7) is 6.77. The van der Waals surface area contributed by atoms with Crippen molar-refractivity contribution in [3.05, 3.63) is 23.3 Å². The summed E-state index contributed by atoms with van der Waals surface area (Å²) in [5, 5.41) is 0. The molecule has 1 aromatic carbocycles. The van der Waals surface area contributed by atoms with E-state index in [2.05, 4.69) is 0 Å². The smallest absolute Gasteiger partial charge is 0.243 e. The lowest BCUT2D eigenvalue weighted by Crippen LogP contribution is -2.37. The topological polar surface area (TPSA) is 63.4 Å². The van der Waals surface area contributed by atoms with E-state index in [4.69, 9.17) is 5.73 Å². The van der Waals surface area contributed by atoms with Crippen LogP contribution in [0.3, 0.4) is 0 Å². The van der Waals surface area contributed by atoms with E-state index in [-0.39, 0.29) is 0 Å². The third kappa shape index (κ3) is 2.83. The summed E-state index contributed by atoms with van der Waals surface area (Å²) < 4.78 is 27.3. The van der Waals surface area contributed by atoms with E-state index in [0.29, 0.717) is 29.6 Å². The molecule has 2 rings (SSSR count). The molecule has 0 heterocycles. The van der Waals surface area contributed by atoms with Gasteiger partial charge in [-0.15, -0.1) is 0 Å². The lowest BCUT2D eigenvalue weighted by molar-refractivity contribution is 0.250. The zero-order valence-corrected chi connectivity index (χ0v) is 13.3. The molecule has 0 spiro atoms. The third-order valence-electron chi connectivity index (χ3n) is 4.30. The Morgan fingerprint density at radius 1 is 1.30 bits per heavy atom. The molecule has 20 heavy (non-hydrogen) atoms. The summed E-state index contributed by atoms with van der Waals surface area (Å²) in [7, 11) is -3.44. The van der Waals surface area contributed by atoms with Crippen molar-refractivity contribution in [2.45, 2.75) is 44.9 Å². The average Bonchev–Trinajstić information content (AvgIpc) is 2.32. The first-order valence-electron chi connectivity index (χ1n) is 7.23. The molecular formula is C15H24N2O2S. The normalized spacial score (nSPS) is 16.4. The first kappa shape index (κ1) is 15.3. The quantitative estimate of drug-likeness (QED) is 0.850. The number of hydrogen-bond donors (Lipinski definition) is 1. The lowest BCUT2D eigenvalue weighted by atomic mass is 9.85. The highest BCUT2D eigenvalue weighted by atomic mass is 32.2. The van der Waals surface area contributed by atoms with Crippen molar-refractivity contribution in [3.63, 3.8) is 0 Å². The van der Waals surface area contributed by atoms with Crippen LogP contribution >= 0.6 is 0 Å². The number of aryl methyl sites for hydroxylation is 1. The molecule has 0 unspecified atom stereocenters. The molecule has 0 bridgehead atoms. The van der Waals surface area contributed by atoms with Crippen LogP contribution in [0, 0.1) is 19.8 Å². The SMILES string of the molecule is CCN(CC1CCC1)S(=O)(=O)c1cc(N)cc(C)c1C. The second-order valence-corrected chi connectivity index (χ2v) is 7.62. The molecule has 0 atom stereocenters. The number of hydrogen-bond acceptors (Lipinski definition) is 3. The lowest BCUT2D eigenvalue weighted by Gasteiger charge is -2.31. The molecule has 5 heteroatoms. The molecule has 1 aliphatic rings. The van der Waals surface area contributed by atoms with E-state index >= 15 is 0 Å². The molecule has 0 aromatic heterocycles. The van der Waals surface area contributed by atoms with E-state index in [0.717, 1.165) is 24.0 Å². The van der Waals surface area contributed by atoms with Crippen LogP contribution in [0.15, 0.2) is 17.0 Å². The molecule has 2 N–H and O–H groups in total. The van der Waals surface area contributed by atoms with E-state index in [9.17, 15) is 8.42 Å². The second-order valence-electron chi connectivity index (χ2n) is 5.71. The van der Waals surface area contributed by atoms with Gasteiger partial charge in [0.2, 0.25) is 10.0 Å². The van der Waals surface area contributed by atoms with Gasteiger partial charge in [-0.25, -0.2) is 8.42 Å². The fourth-order valence-corrected chi connectivity index (χ4v) is 4.48. The zero-order valence-electron chi connectivity index (χ0n) is 12.5. The van der Waals surface area contributed by atoms with E-state index < -0.39 is 10.0 Å². The molecule has 1 fully saturated rings. The van der Waals surface area contributed by atoms with Crippen molar-refractivity contribution in [1.29, 1.82) is 0 Å². The van der Waals surface area contributed by atoms with Gasteiger partial charge in [0.1, 0.15) is 0 Å². The number of nitrogens with two attached hydrogens (primary N) is 1. The highest BCUT2D eigenvalue weighted by Gasteiger charge is 2.29. The first-order chi connectivity index (χ1) is 9.36. The molecule has 0 radical (unpaired) electrons. The molecule has 1 aliphatic carbocycles. The Morgan fingerprint density at radius 3 is 2.45 bits per heavy atom. The Bertz CT molecular complexity index is 592. The van der Waals surface area contributed by atoms with E-state index in [1.54, 1.807) is 10.4 Å².